The van der Waals surface area contributed by atoms with E-state index in [1.54, 1.807) is 6.20 Å². The molecule has 1 saturated heterocycles. The predicted molar refractivity (Wildman–Crippen MR) is 90.6 cm³/mol. The van der Waals surface area contributed by atoms with Crippen LogP contribution in [0, 0.1) is 11.3 Å². The molecule has 2 aromatic rings. The lowest BCUT2D eigenvalue weighted by Crippen LogP contribution is -2.46. The molecule has 1 aliphatic rings. The number of pyridine rings is 1. The maximum Gasteiger partial charge on any atom is 0.146 e. The number of nitrogens with zero attached hydrogens (tertiary/aromatic N) is 4. The topological polar surface area (TPSA) is 43.2 Å². The Morgan fingerprint density at radius 1 is 1.09 bits per heavy atom. The van der Waals surface area contributed by atoms with Crippen molar-refractivity contribution >= 4 is 21.7 Å². The molecule has 1 aliphatic heterocycles. The quantitative estimate of drug-likeness (QED) is 0.847. The van der Waals surface area contributed by atoms with Crippen molar-refractivity contribution in [2.75, 3.05) is 31.1 Å². The summed E-state index contributed by atoms with van der Waals surface area (Å²) in [7, 11) is 0. The van der Waals surface area contributed by atoms with Crippen LogP contribution in [-0.2, 0) is 6.54 Å². The molecule has 112 valence electrons. The summed E-state index contributed by atoms with van der Waals surface area (Å²) in [6.07, 6.45) is 1.75. The summed E-state index contributed by atoms with van der Waals surface area (Å²) < 4.78 is 1.16. The minimum absolute atomic E-state index is 0.654. The van der Waals surface area contributed by atoms with Gasteiger partial charge in [0.25, 0.3) is 0 Å². The van der Waals surface area contributed by atoms with Crippen LogP contribution >= 0.6 is 15.9 Å². The Bertz CT molecular complexity index is 687. The molecule has 0 atom stereocenters. The van der Waals surface area contributed by atoms with Crippen molar-refractivity contribution in [2.24, 2.45) is 0 Å². The van der Waals surface area contributed by atoms with E-state index in [2.05, 4.69) is 55.0 Å². The van der Waals surface area contributed by atoms with E-state index < -0.39 is 0 Å². The first-order valence-electron chi connectivity index (χ1n) is 7.34. The van der Waals surface area contributed by atoms with E-state index in [4.69, 9.17) is 0 Å². The van der Waals surface area contributed by atoms with Gasteiger partial charge in [0, 0.05) is 43.4 Å². The van der Waals surface area contributed by atoms with Crippen LogP contribution in [0.25, 0.3) is 0 Å². The van der Waals surface area contributed by atoms with E-state index in [0.717, 1.165) is 43.0 Å². The second-order valence-electron chi connectivity index (χ2n) is 5.34. The Morgan fingerprint density at radius 2 is 1.86 bits per heavy atom. The molecule has 0 unspecified atom stereocenters. The van der Waals surface area contributed by atoms with Gasteiger partial charge in [-0.05, 0) is 23.8 Å². The molecule has 0 spiro atoms. The maximum atomic E-state index is 9.19. The van der Waals surface area contributed by atoms with Gasteiger partial charge >= 0.3 is 0 Å². The molecular formula is C17H17BrN4. The van der Waals surface area contributed by atoms with E-state index in [1.165, 1.54) is 5.56 Å². The standard InChI is InChI=1S/C17H17BrN4/c18-16-6-2-1-4-15(16)13-21-8-10-22(11-9-21)17-14(12-19)5-3-7-20-17/h1-7H,8-11,13H2. The highest BCUT2D eigenvalue weighted by molar-refractivity contribution is 9.10. The predicted octanol–water partition coefficient (Wildman–Crippen LogP) is 3.04. The van der Waals surface area contributed by atoms with Gasteiger partial charge in [-0.2, -0.15) is 5.26 Å². The molecule has 0 aliphatic carbocycles. The van der Waals surface area contributed by atoms with Gasteiger partial charge in [-0.1, -0.05) is 34.1 Å². The van der Waals surface area contributed by atoms with E-state index in [9.17, 15) is 5.26 Å². The lowest BCUT2D eigenvalue weighted by molar-refractivity contribution is 0.249. The molecule has 22 heavy (non-hydrogen) atoms. The second kappa shape index (κ2) is 6.91. The van der Waals surface area contributed by atoms with Crippen molar-refractivity contribution in [1.82, 2.24) is 9.88 Å². The third kappa shape index (κ3) is 3.29. The normalized spacial score (nSPS) is 15.5. The molecule has 3 rings (SSSR count). The fourth-order valence-corrected chi connectivity index (χ4v) is 3.13. The molecule has 0 bridgehead atoms. The summed E-state index contributed by atoms with van der Waals surface area (Å²) in [5.74, 6) is 0.811. The molecule has 0 radical (unpaired) electrons. The number of anilines is 1. The van der Waals surface area contributed by atoms with Crippen molar-refractivity contribution in [2.45, 2.75) is 6.54 Å². The molecular weight excluding hydrogens is 340 g/mol. The van der Waals surface area contributed by atoms with Gasteiger partial charge in [0.1, 0.15) is 11.9 Å². The lowest BCUT2D eigenvalue weighted by atomic mass is 10.2. The summed E-state index contributed by atoms with van der Waals surface area (Å²) in [5.41, 5.74) is 1.97. The van der Waals surface area contributed by atoms with Gasteiger partial charge in [-0.3, -0.25) is 4.90 Å². The highest BCUT2D eigenvalue weighted by atomic mass is 79.9. The number of piperazine rings is 1. The van der Waals surface area contributed by atoms with Gasteiger partial charge in [0.15, 0.2) is 0 Å². The fourth-order valence-electron chi connectivity index (χ4n) is 2.72. The first-order chi connectivity index (χ1) is 10.8. The molecule has 2 heterocycles. The number of halogens is 1. The van der Waals surface area contributed by atoms with Gasteiger partial charge in [0.2, 0.25) is 0 Å². The minimum Gasteiger partial charge on any atom is -0.353 e. The molecule has 0 saturated carbocycles. The Hall–Kier alpha value is -1.90. The maximum absolute atomic E-state index is 9.19. The molecule has 5 heteroatoms. The zero-order chi connectivity index (χ0) is 15.4. The minimum atomic E-state index is 0.654. The van der Waals surface area contributed by atoms with Crippen LogP contribution in [0.1, 0.15) is 11.1 Å². The van der Waals surface area contributed by atoms with E-state index >= 15 is 0 Å². The SMILES string of the molecule is N#Cc1cccnc1N1CCN(Cc2ccccc2Br)CC1. The van der Waals surface area contributed by atoms with Crippen molar-refractivity contribution in [3.05, 3.63) is 58.2 Å². The van der Waals surface area contributed by atoms with Crippen LogP contribution in [0.2, 0.25) is 0 Å². The number of rotatable bonds is 3. The smallest absolute Gasteiger partial charge is 0.146 e. The van der Waals surface area contributed by atoms with Gasteiger partial charge in [0.05, 0.1) is 5.56 Å². The van der Waals surface area contributed by atoms with Crippen molar-refractivity contribution < 1.29 is 0 Å². The number of nitriles is 1. The van der Waals surface area contributed by atoms with Crippen molar-refractivity contribution in [3.8, 4) is 6.07 Å². The van der Waals surface area contributed by atoms with Crippen molar-refractivity contribution in [1.29, 1.82) is 5.26 Å². The monoisotopic (exact) mass is 356 g/mol. The van der Waals surface area contributed by atoms with E-state index in [-0.39, 0.29) is 0 Å². The fraction of sp³-hybridized carbons (Fsp3) is 0.294. The number of benzene rings is 1. The summed E-state index contributed by atoms with van der Waals surface area (Å²) in [6, 6.07) is 14.2. The molecule has 4 nitrogen and oxygen atoms in total. The van der Waals surface area contributed by atoms with Crippen LogP contribution in [0.5, 0.6) is 0 Å². The van der Waals surface area contributed by atoms with Crippen LogP contribution in [-0.4, -0.2) is 36.1 Å². The number of aromatic nitrogens is 1. The largest absolute Gasteiger partial charge is 0.353 e. The Labute approximate surface area is 139 Å². The first-order valence-corrected chi connectivity index (χ1v) is 8.13. The van der Waals surface area contributed by atoms with Crippen molar-refractivity contribution in [3.63, 3.8) is 0 Å². The third-order valence-corrected chi connectivity index (χ3v) is 4.70. The van der Waals surface area contributed by atoms with E-state index in [0.29, 0.717) is 5.56 Å². The number of hydrogen-bond acceptors (Lipinski definition) is 4. The molecule has 1 aromatic heterocycles. The van der Waals surface area contributed by atoms with Gasteiger partial charge in [-0.15, -0.1) is 0 Å². The zero-order valence-electron chi connectivity index (χ0n) is 12.2. The van der Waals surface area contributed by atoms with Gasteiger partial charge < -0.3 is 4.90 Å². The van der Waals surface area contributed by atoms with Crippen LogP contribution < -0.4 is 4.90 Å². The highest BCUT2D eigenvalue weighted by Crippen LogP contribution is 2.21. The summed E-state index contributed by atoms with van der Waals surface area (Å²) in [5, 5.41) is 9.19. The Balaban J connectivity index is 1.63. The molecule has 0 N–H and O–H groups in total. The Kier molecular flexibility index (Phi) is 4.71. The molecule has 1 fully saturated rings. The average molecular weight is 357 g/mol. The molecule has 1 aromatic carbocycles. The highest BCUT2D eigenvalue weighted by Gasteiger charge is 2.20. The second-order valence-corrected chi connectivity index (χ2v) is 6.20. The van der Waals surface area contributed by atoms with Crippen LogP contribution in [0.15, 0.2) is 47.1 Å². The summed E-state index contributed by atoms with van der Waals surface area (Å²) in [6.45, 7) is 4.69. The first kappa shape index (κ1) is 15.0. The van der Waals surface area contributed by atoms with E-state index in [1.807, 2.05) is 18.2 Å². The molecule has 0 amide bonds. The number of hydrogen-bond donors (Lipinski definition) is 0. The van der Waals surface area contributed by atoms with Crippen LogP contribution in [0.3, 0.4) is 0 Å². The van der Waals surface area contributed by atoms with Gasteiger partial charge in [-0.25, -0.2) is 4.98 Å². The summed E-state index contributed by atoms with van der Waals surface area (Å²) >= 11 is 3.61. The average Bonchev–Trinajstić information content (AvgIpc) is 2.58. The lowest BCUT2D eigenvalue weighted by Gasteiger charge is -2.35. The zero-order valence-corrected chi connectivity index (χ0v) is 13.8. The third-order valence-electron chi connectivity index (χ3n) is 3.93. The Morgan fingerprint density at radius 3 is 2.59 bits per heavy atom. The van der Waals surface area contributed by atoms with Crippen LogP contribution in [0.4, 0.5) is 5.82 Å². The summed E-state index contributed by atoms with van der Waals surface area (Å²) in [4.78, 5) is 9.01.